The zero-order valence-corrected chi connectivity index (χ0v) is 14.2. The number of hydrogen-bond acceptors (Lipinski definition) is 5. The lowest BCUT2D eigenvalue weighted by Crippen LogP contribution is -2.19. The Bertz CT molecular complexity index is 969. The average Bonchev–Trinajstić information content (AvgIpc) is 3.29. The van der Waals surface area contributed by atoms with Crippen molar-refractivity contribution in [2.45, 2.75) is 51.5 Å². The number of pyridine rings is 1. The Balaban J connectivity index is 1.77. The molecule has 25 heavy (non-hydrogen) atoms. The van der Waals surface area contributed by atoms with Crippen molar-refractivity contribution in [3.05, 3.63) is 40.6 Å². The minimum absolute atomic E-state index is 0.0406. The fourth-order valence-electron chi connectivity index (χ4n) is 3.56. The summed E-state index contributed by atoms with van der Waals surface area (Å²) in [7, 11) is 0. The standard InChI is InChI=1S/C18H21N5O2/c1-2-5-12-10-19-17-16(24)14(8-9-22(17)18(12)25)15-11-23(21-20-15)13-6-3-4-7-13/h8-11,13,24H,2-7H2,1H3. The minimum atomic E-state index is -0.136. The predicted molar refractivity (Wildman–Crippen MR) is 93.6 cm³/mol. The molecule has 1 saturated carbocycles. The van der Waals surface area contributed by atoms with Gasteiger partial charge in [0.05, 0.1) is 17.8 Å². The van der Waals surface area contributed by atoms with E-state index in [2.05, 4.69) is 15.3 Å². The molecule has 4 rings (SSSR count). The first-order valence-corrected chi connectivity index (χ1v) is 8.83. The Labute approximate surface area is 145 Å². The summed E-state index contributed by atoms with van der Waals surface area (Å²) in [5.41, 5.74) is 1.90. The number of fused-ring (bicyclic) bond motifs is 1. The second-order valence-corrected chi connectivity index (χ2v) is 6.63. The third-order valence-corrected chi connectivity index (χ3v) is 4.93. The van der Waals surface area contributed by atoms with Crippen LogP contribution in [0.2, 0.25) is 0 Å². The molecule has 0 saturated heterocycles. The largest absolute Gasteiger partial charge is 0.504 e. The van der Waals surface area contributed by atoms with Gasteiger partial charge in [-0.1, -0.05) is 31.4 Å². The zero-order chi connectivity index (χ0) is 17.4. The first-order valence-electron chi connectivity index (χ1n) is 8.83. The number of rotatable bonds is 4. The fourth-order valence-corrected chi connectivity index (χ4v) is 3.56. The third-order valence-electron chi connectivity index (χ3n) is 4.93. The molecule has 1 aliphatic carbocycles. The maximum Gasteiger partial charge on any atom is 0.261 e. The van der Waals surface area contributed by atoms with Gasteiger partial charge in [0.2, 0.25) is 0 Å². The van der Waals surface area contributed by atoms with E-state index in [1.54, 1.807) is 18.5 Å². The van der Waals surface area contributed by atoms with Crippen LogP contribution >= 0.6 is 0 Å². The average molecular weight is 339 g/mol. The van der Waals surface area contributed by atoms with Crippen molar-refractivity contribution in [3.63, 3.8) is 0 Å². The van der Waals surface area contributed by atoms with Gasteiger partial charge in [0.25, 0.3) is 5.56 Å². The van der Waals surface area contributed by atoms with E-state index in [4.69, 9.17) is 0 Å². The van der Waals surface area contributed by atoms with Gasteiger partial charge >= 0.3 is 0 Å². The molecule has 0 amide bonds. The van der Waals surface area contributed by atoms with Crippen LogP contribution in [0.3, 0.4) is 0 Å². The number of aryl methyl sites for hydroxylation is 1. The Kier molecular flexibility index (Phi) is 3.99. The van der Waals surface area contributed by atoms with E-state index in [9.17, 15) is 9.90 Å². The van der Waals surface area contributed by atoms with Crippen molar-refractivity contribution in [2.75, 3.05) is 0 Å². The summed E-state index contributed by atoms with van der Waals surface area (Å²) >= 11 is 0. The molecule has 3 heterocycles. The van der Waals surface area contributed by atoms with E-state index < -0.39 is 0 Å². The van der Waals surface area contributed by atoms with Crippen molar-refractivity contribution in [1.29, 1.82) is 0 Å². The Morgan fingerprint density at radius 1 is 1.32 bits per heavy atom. The lowest BCUT2D eigenvalue weighted by molar-refractivity contribution is 0.454. The summed E-state index contributed by atoms with van der Waals surface area (Å²) in [5, 5.41) is 19.0. The molecule has 130 valence electrons. The maximum atomic E-state index is 12.5. The lowest BCUT2D eigenvalue weighted by Gasteiger charge is -2.08. The Morgan fingerprint density at radius 3 is 2.88 bits per heavy atom. The first-order chi connectivity index (χ1) is 12.2. The molecule has 1 N–H and O–H groups in total. The van der Waals surface area contributed by atoms with Crippen molar-refractivity contribution in [1.82, 2.24) is 24.4 Å². The highest BCUT2D eigenvalue weighted by Crippen LogP contribution is 2.33. The van der Waals surface area contributed by atoms with Crippen LogP contribution in [0.1, 0.15) is 50.6 Å². The van der Waals surface area contributed by atoms with E-state index in [1.165, 1.54) is 17.2 Å². The van der Waals surface area contributed by atoms with E-state index >= 15 is 0 Å². The zero-order valence-electron chi connectivity index (χ0n) is 14.2. The summed E-state index contributed by atoms with van der Waals surface area (Å²) in [6.07, 6.45) is 11.3. The van der Waals surface area contributed by atoms with Gasteiger partial charge in [-0.3, -0.25) is 9.20 Å². The van der Waals surface area contributed by atoms with Crippen LogP contribution in [0.4, 0.5) is 0 Å². The SMILES string of the molecule is CCCc1cnc2c(O)c(-c3cn(C4CCCC4)nn3)ccn2c1=O. The second kappa shape index (κ2) is 6.31. The van der Waals surface area contributed by atoms with Crippen LogP contribution < -0.4 is 5.56 Å². The molecule has 0 aromatic carbocycles. The van der Waals surface area contributed by atoms with Crippen LogP contribution in [0.25, 0.3) is 16.9 Å². The topological polar surface area (TPSA) is 85.3 Å². The number of aromatic nitrogens is 5. The van der Waals surface area contributed by atoms with Gasteiger partial charge in [0.15, 0.2) is 11.4 Å². The number of hydrogen-bond donors (Lipinski definition) is 1. The Hall–Kier alpha value is -2.70. The van der Waals surface area contributed by atoms with E-state index in [1.807, 2.05) is 17.8 Å². The van der Waals surface area contributed by atoms with E-state index in [-0.39, 0.29) is 17.0 Å². The summed E-state index contributed by atoms with van der Waals surface area (Å²) in [6, 6.07) is 2.09. The highest BCUT2D eigenvalue weighted by Gasteiger charge is 2.20. The Morgan fingerprint density at radius 2 is 2.12 bits per heavy atom. The molecule has 0 spiro atoms. The quantitative estimate of drug-likeness (QED) is 0.790. The third kappa shape index (κ3) is 2.69. The summed E-state index contributed by atoms with van der Waals surface area (Å²) < 4.78 is 3.28. The van der Waals surface area contributed by atoms with Crippen molar-refractivity contribution in [3.8, 4) is 17.0 Å². The van der Waals surface area contributed by atoms with Gasteiger partial charge in [-0.2, -0.15) is 0 Å². The van der Waals surface area contributed by atoms with Crippen LogP contribution in [0, 0.1) is 0 Å². The fraction of sp³-hybridized carbons (Fsp3) is 0.444. The molecule has 7 heteroatoms. The van der Waals surface area contributed by atoms with Gasteiger partial charge < -0.3 is 5.11 Å². The van der Waals surface area contributed by atoms with Gasteiger partial charge in [-0.05, 0) is 25.3 Å². The van der Waals surface area contributed by atoms with Crippen molar-refractivity contribution in [2.24, 2.45) is 0 Å². The molecule has 0 radical (unpaired) electrons. The molecule has 3 aromatic rings. The minimum Gasteiger partial charge on any atom is -0.504 e. The lowest BCUT2D eigenvalue weighted by atomic mass is 10.1. The molecule has 1 fully saturated rings. The highest BCUT2D eigenvalue weighted by molar-refractivity contribution is 5.74. The van der Waals surface area contributed by atoms with Gasteiger partial charge in [0, 0.05) is 18.0 Å². The molecular weight excluding hydrogens is 318 g/mol. The van der Waals surface area contributed by atoms with Crippen molar-refractivity contribution < 1.29 is 5.11 Å². The molecule has 0 bridgehead atoms. The van der Waals surface area contributed by atoms with E-state index in [0.29, 0.717) is 29.3 Å². The molecule has 0 atom stereocenters. The summed E-state index contributed by atoms with van der Waals surface area (Å²) in [4.78, 5) is 16.8. The second-order valence-electron chi connectivity index (χ2n) is 6.63. The molecular formula is C18H21N5O2. The maximum absolute atomic E-state index is 12.5. The monoisotopic (exact) mass is 339 g/mol. The highest BCUT2D eigenvalue weighted by atomic mass is 16.3. The number of nitrogens with zero attached hydrogens (tertiary/aromatic N) is 5. The van der Waals surface area contributed by atoms with Gasteiger partial charge in [-0.25, -0.2) is 9.67 Å². The van der Waals surface area contributed by atoms with Crippen LogP contribution in [0.5, 0.6) is 5.75 Å². The normalized spacial score (nSPS) is 15.2. The molecule has 1 aliphatic rings. The van der Waals surface area contributed by atoms with Gasteiger partial charge in [0.1, 0.15) is 5.69 Å². The molecule has 3 aromatic heterocycles. The van der Waals surface area contributed by atoms with Crippen molar-refractivity contribution >= 4 is 5.65 Å². The smallest absolute Gasteiger partial charge is 0.261 e. The molecule has 0 aliphatic heterocycles. The predicted octanol–water partition coefficient (Wildman–Crippen LogP) is 2.73. The van der Waals surface area contributed by atoms with Crippen LogP contribution in [-0.2, 0) is 6.42 Å². The molecule has 7 nitrogen and oxygen atoms in total. The molecule has 0 unspecified atom stereocenters. The summed E-state index contributed by atoms with van der Waals surface area (Å²) in [5.74, 6) is -0.0406. The van der Waals surface area contributed by atoms with Crippen LogP contribution in [-0.4, -0.2) is 29.5 Å². The van der Waals surface area contributed by atoms with E-state index in [0.717, 1.165) is 19.3 Å². The first kappa shape index (κ1) is 15.8. The number of aromatic hydroxyl groups is 1. The summed E-state index contributed by atoms with van der Waals surface area (Å²) in [6.45, 7) is 2.02. The van der Waals surface area contributed by atoms with Gasteiger partial charge in [-0.15, -0.1) is 5.10 Å². The van der Waals surface area contributed by atoms with Crippen LogP contribution in [0.15, 0.2) is 29.5 Å².